The molecule has 0 aliphatic carbocycles. The van der Waals surface area contributed by atoms with Gasteiger partial charge in [-0.2, -0.15) is 5.26 Å². The van der Waals surface area contributed by atoms with Gasteiger partial charge in [0.25, 0.3) is 0 Å². The first kappa shape index (κ1) is 12.1. The lowest BCUT2D eigenvalue weighted by Crippen LogP contribution is -1.88. The number of rotatable bonds is 2. The molecule has 0 bridgehead atoms. The second kappa shape index (κ2) is 5.30. The minimum absolute atomic E-state index is 0.631. The highest BCUT2D eigenvalue weighted by atomic mass is 79.9. The van der Waals surface area contributed by atoms with Crippen molar-refractivity contribution in [3.63, 3.8) is 0 Å². The molecule has 0 spiro atoms. The summed E-state index contributed by atoms with van der Waals surface area (Å²) in [5.74, 6) is 0. The highest BCUT2D eigenvalue weighted by Gasteiger charge is 2.05. The summed E-state index contributed by atoms with van der Waals surface area (Å²) in [6, 6.07) is 9.41. The summed E-state index contributed by atoms with van der Waals surface area (Å²) in [6.45, 7) is 1.93. The van der Waals surface area contributed by atoms with Crippen molar-refractivity contribution in [3.05, 3.63) is 46.2 Å². The van der Waals surface area contributed by atoms with Gasteiger partial charge >= 0.3 is 0 Å². The number of aromatic nitrogens is 2. The lowest BCUT2D eigenvalue weighted by molar-refractivity contribution is 0.932. The molecule has 3 nitrogen and oxygen atoms in total. The van der Waals surface area contributed by atoms with E-state index in [1.54, 1.807) is 18.3 Å². The molecule has 84 valence electrons. The van der Waals surface area contributed by atoms with E-state index < -0.39 is 0 Å². The molecule has 0 aliphatic heterocycles. The monoisotopic (exact) mass is 305 g/mol. The summed E-state index contributed by atoms with van der Waals surface area (Å²) >= 11 is 4.91. The quantitative estimate of drug-likeness (QED) is 0.796. The first-order valence-corrected chi connectivity index (χ1v) is 6.47. The number of nitriles is 1. The first-order valence-electron chi connectivity index (χ1n) is 4.86. The van der Waals surface area contributed by atoms with E-state index in [0.29, 0.717) is 10.7 Å². The van der Waals surface area contributed by atoms with Crippen LogP contribution in [0.2, 0.25) is 0 Å². The van der Waals surface area contributed by atoms with E-state index in [1.807, 2.05) is 19.1 Å². The predicted molar refractivity (Wildman–Crippen MR) is 69.7 cm³/mol. The molecule has 0 radical (unpaired) electrons. The smallest absolute Gasteiger partial charge is 0.192 e. The zero-order valence-electron chi connectivity index (χ0n) is 9.01. The molecule has 2 aromatic rings. The summed E-state index contributed by atoms with van der Waals surface area (Å²) in [4.78, 5) is 9.50. The number of halogens is 1. The summed E-state index contributed by atoms with van der Waals surface area (Å²) < 4.78 is 0.881. The van der Waals surface area contributed by atoms with Crippen LogP contribution in [0.15, 0.2) is 45.0 Å². The van der Waals surface area contributed by atoms with Gasteiger partial charge in [-0.3, -0.25) is 0 Å². The second-order valence-electron chi connectivity index (χ2n) is 3.34. The van der Waals surface area contributed by atoms with Gasteiger partial charge < -0.3 is 0 Å². The van der Waals surface area contributed by atoms with Crippen molar-refractivity contribution in [2.45, 2.75) is 17.0 Å². The third-order valence-corrected chi connectivity index (χ3v) is 3.91. The highest BCUT2D eigenvalue weighted by Crippen LogP contribution is 2.31. The Hall–Kier alpha value is -1.38. The molecule has 2 rings (SSSR count). The molecule has 0 saturated carbocycles. The molecule has 5 heteroatoms. The normalized spacial score (nSPS) is 9.94. The van der Waals surface area contributed by atoms with Crippen LogP contribution in [0.3, 0.4) is 0 Å². The average molecular weight is 306 g/mol. The molecule has 0 aliphatic rings. The molecule has 0 atom stereocenters. The number of nitrogens with zero attached hydrogens (tertiary/aromatic N) is 3. The summed E-state index contributed by atoms with van der Waals surface area (Å²) in [5.41, 5.74) is 1.57. The van der Waals surface area contributed by atoms with Crippen LogP contribution in [0, 0.1) is 18.3 Å². The fourth-order valence-electron chi connectivity index (χ4n) is 1.23. The predicted octanol–water partition coefficient (Wildman–Crippen LogP) is 3.57. The van der Waals surface area contributed by atoms with Gasteiger partial charge in [0.2, 0.25) is 0 Å². The van der Waals surface area contributed by atoms with Crippen LogP contribution in [0.5, 0.6) is 0 Å². The maximum absolute atomic E-state index is 8.78. The molecule has 0 saturated heterocycles. The van der Waals surface area contributed by atoms with Gasteiger partial charge in [0.05, 0.1) is 11.6 Å². The molecule has 0 N–H and O–H groups in total. The van der Waals surface area contributed by atoms with E-state index in [4.69, 9.17) is 5.26 Å². The molecule has 17 heavy (non-hydrogen) atoms. The maximum atomic E-state index is 8.78. The van der Waals surface area contributed by atoms with Gasteiger partial charge in [0.15, 0.2) is 5.16 Å². The Morgan fingerprint density at radius 1 is 1.35 bits per heavy atom. The molecule has 1 heterocycles. The van der Waals surface area contributed by atoms with Gasteiger partial charge in [-0.15, -0.1) is 0 Å². The van der Waals surface area contributed by atoms with E-state index in [9.17, 15) is 0 Å². The van der Waals surface area contributed by atoms with Gasteiger partial charge in [-0.05, 0) is 58.9 Å². The Labute approximate surface area is 112 Å². The van der Waals surface area contributed by atoms with Crippen molar-refractivity contribution >= 4 is 27.7 Å². The molecular weight excluding hydrogens is 298 g/mol. The largest absolute Gasteiger partial charge is 0.231 e. The number of benzene rings is 1. The third-order valence-electron chi connectivity index (χ3n) is 2.03. The zero-order valence-corrected chi connectivity index (χ0v) is 11.4. The van der Waals surface area contributed by atoms with E-state index in [-0.39, 0.29) is 0 Å². The van der Waals surface area contributed by atoms with Crippen molar-refractivity contribution in [1.82, 2.24) is 9.97 Å². The lowest BCUT2D eigenvalue weighted by Gasteiger charge is -2.03. The molecule has 1 aromatic heterocycles. The zero-order chi connectivity index (χ0) is 12.3. The maximum Gasteiger partial charge on any atom is 0.192 e. The SMILES string of the molecule is Cc1ccnc(Sc2ccc(C#N)cc2Br)n1. The van der Waals surface area contributed by atoms with Crippen LogP contribution < -0.4 is 0 Å². The van der Waals surface area contributed by atoms with E-state index >= 15 is 0 Å². The lowest BCUT2D eigenvalue weighted by atomic mass is 10.2. The molecule has 0 amide bonds. The van der Waals surface area contributed by atoms with Crippen molar-refractivity contribution < 1.29 is 0 Å². The Morgan fingerprint density at radius 3 is 2.82 bits per heavy atom. The Morgan fingerprint density at radius 2 is 2.18 bits per heavy atom. The van der Waals surface area contributed by atoms with E-state index in [1.165, 1.54) is 11.8 Å². The van der Waals surface area contributed by atoms with Crippen LogP contribution >= 0.6 is 27.7 Å². The number of aryl methyl sites for hydroxylation is 1. The van der Waals surface area contributed by atoms with Crippen molar-refractivity contribution in [2.24, 2.45) is 0 Å². The Balaban J connectivity index is 2.28. The van der Waals surface area contributed by atoms with E-state index in [2.05, 4.69) is 32.0 Å². The fourth-order valence-corrected chi connectivity index (χ4v) is 2.64. The van der Waals surface area contributed by atoms with Crippen molar-refractivity contribution in [2.75, 3.05) is 0 Å². The molecule has 0 fully saturated rings. The molecular formula is C12H8BrN3S. The standard InChI is InChI=1S/C12H8BrN3S/c1-8-4-5-15-12(16-8)17-11-3-2-9(7-14)6-10(11)13/h2-6H,1H3. The number of hydrogen-bond acceptors (Lipinski definition) is 4. The molecule has 0 unspecified atom stereocenters. The van der Waals surface area contributed by atoms with E-state index in [0.717, 1.165) is 15.1 Å². The van der Waals surface area contributed by atoms with Crippen LogP contribution in [0.25, 0.3) is 0 Å². The van der Waals surface area contributed by atoms with Gasteiger partial charge in [-0.25, -0.2) is 9.97 Å². The average Bonchev–Trinajstić information content (AvgIpc) is 2.32. The Bertz CT molecular complexity index is 593. The van der Waals surface area contributed by atoms with Gasteiger partial charge in [0, 0.05) is 21.3 Å². The Kier molecular flexibility index (Phi) is 3.77. The molecule has 1 aromatic carbocycles. The summed E-state index contributed by atoms with van der Waals surface area (Å²) in [5, 5.41) is 9.48. The minimum Gasteiger partial charge on any atom is -0.231 e. The second-order valence-corrected chi connectivity index (χ2v) is 5.20. The van der Waals surface area contributed by atoms with Gasteiger partial charge in [0.1, 0.15) is 0 Å². The van der Waals surface area contributed by atoms with Crippen molar-refractivity contribution in [3.8, 4) is 6.07 Å². The van der Waals surface area contributed by atoms with Crippen LogP contribution in [0.4, 0.5) is 0 Å². The number of hydrogen-bond donors (Lipinski definition) is 0. The third kappa shape index (κ3) is 3.05. The topological polar surface area (TPSA) is 49.6 Å². The van der Waals surface area contributed by atoms with Crippen LogP contribution in [-0.2, 0) is 0 Å². The highest BCUT2D eigenvalue weighted by molar-refractivity contribution is 9.10. The van der Waals surface area contributed by atoms with Crippen LogP contribution in [-0.4, -0.2) is 9.97 Å². The fraction of sp³-hybridized carbons (Fsp3) is 0.0833. The summed E-state index contributed by atoms with van der Waals surface area (Å²) in [7, 11) is 0. The van der Waals surface area contributed by atoms with Gasteiger partial charge in [-0.1, -0.05) is 0 Å². The summed E-state index contributed by atoms with van der Waals surface area (Å²) in [6.07, 6.45) is 1.74. The van der Waals surface area contributed by atoms with Crippen LogP contribution in [0.1, 0.15) is 11.3 Å². The van der Waals surface area contributed by atoms with Crippen molar-refractivity contribution in [1.29, 1.82) is 5.26 Å². The first-order chi connectivity index (χ1) is 8.19. The minimum atomic E-state index is 0.631.